The normalized spacial score (nSPS) is 24.3. The number of primary amides is 1. The molecule has 1 saturated heterocycles. The number of rotatable bonds is 6. The fourth-order valence-corrected chi connectivity index (χ4v) is 4.69. The Bertz CT molecular complexity index is 760. The van der Waals surface area contributed by atoms with E-state index in [1.165, 1.54) is 12.1 Å². The Balaban J connectivity index is 1.41. The van der Waals surface area contributed by atoms with E-state index in [0.29, 0.717) is 11.6 Å². The second-order valence-corrected chi connectivity index (χ2v) is 8.46. The molecule has 1 atom stereocenters. The summed E-state index contributed by atoms with van der Waals surface area (Å²) >= 11 is 0. The van der Waals surface area contributed by atoms with Gasteiger partial charge in [-0.25, -0.2) is 0 Å². The van der Waals surface area contributed by atoms with E-state index in [1.54, 1.807) is 6.07 Å². The van der Waals surface area contributed by atoms with Crippen molar-refractivity contribution in [1.82, 2.24) is 4.90 Å². The molecule has 164 valence electrons. The maximum absolute atomic E-state index is 12.9. The molecule has 8 heteroatoms. The quantitative estimate of drug-likeness (QED) is 0.760. The fraction of sp³-hybridized carbons (Fsp3) is 0.636. The Morgan fingerprint density at radius 3 is 2.40 bits per heavy atom. The number of nitriles is 1. The van der Waals surface area contributed by atoms with Crippen molar-refractivity contribution in [3.63, 3.8) is 0 Å². The van der Waals surface area contributed by atoms with Gasteiger partial charge in [-0.15, -0.1) is 0 Å². The molecular weight excluding hydrogens is 393 g/mol. The molecule has 1 heterocycles. The predicted octanol–water partition coefficient (Wildman–Crippen LogP) is 3.65. The standard InChI is InChI=1S/C22H29F3N4O/c23-22(24,25)18-2-1-3-19(14-18)29-12-10-28(11-13-29)9-8-16-4-6-17(7-5-16)20(15-26)21(27)30/h1-3,14,16-17,20H,4-13H2,(H2,27,30). The lowest BCUT2D eigenvalue weighted by Crippen LogP contribution is -2.47. The molecule has 1 aliphatic heterocycles. The number of carbonyl (C=O) groups excluding carboxylic acids is 1. The molecule has 2 aliphatic rings. The molecule has 0 bridgehead atoms. The van der Waals surface area contributed by atoms with Crippen LogP contribution in [0.15, 0.2) is 24.3 Å². The number of hydrogen-bond donors (Lipinski definition) is 1. The molecule has 3 rings (SSSR count). The van der Waals surface area contributed by atoms with Crippen molar-refractivity contribution < 1.29 is 18.0 Å². The summed E-state index contributed by atoms with van der Waals surface area (Å²) in [5.41, 5.74) is 5.35. The van der Waals surface area contributed by atoms with E-state index in [4.69, 9.17) is 11.0 Å². The van der Waals surface area contributed by atoms with Crippen LogP contribution < -0.4 is 10.6 Å². The number of benzene rings is 1. The van der Waals surface area contributed by atoms with Crippen molar-refractivity contribution in [2.75, 3.05) is 37.6 Å². The van der Waals surface area contributed by atoms with Crippen LogP contribution in [0.5, 0.6) is 0 Å². The van der Waals surface area contributed by atoms with Gasteiger partial charge in [-0.1, -0.05) is 18.9 Å². The molecule has 1 aliphatic carbocycles. The zero-order valence-electron chi connectivity index (χ0n) is 17.1. The Morgan fingerprint density at radius 1 is 1.17 bits per heavy atom. The molecule has 2 fully saturated rings. The number of alkyl halides is 3. The summed E-state index contributed by atoms with van der Waals surface area (Å²) in [6.07, 6.45) is 0.524. The summed E-state index contributed by atoms with van der Waals surface area (Å²) in [6, 6.07) is 7.60. The molecule has 2 N–H and O–H groups in total. The third-order valence-corrected chi connectivity index (χ3v) is 6.57. The third kappa shape index (κ3) is 5.66. The molecule has 1 aromatic rings. The Kier molecular flexibility index (Phi) is 7.24. The van der Waals surface area contributed by atoms with Crippen LogP contribution in [-0.2, 0) is 11.0 Å². The molecule has 1 unspecified atom stereocenters. The van der Waals surface area contributed by atoms with E-state index in [0.717, 1.165) is 70.9 Å². The van der Waals surface area contributed by atoms with Crippen molar-refractivity contribution in [2.45, 2.75) is 38.3 Å². The lowest BCUT2D eigenvalue weighted by atomic mass is 9.75. The first kappa shape index (κ1) is 22.4. The van der Waals surface area contributed by atoms with Crippen molar-refractivity contribution >= 4 is 11.6 Å². The van der Waals surface area contributed by atoms with Gasteiger partial charge in [0.25, 0.3) is 0 Å². The first-order chi connectivity index (χ1) is 14.3. The lowest BCUT2D eigenvalue weighted by Gasteiger charge is -2.37. The number of anilines is 1. The van der Waals surface area contributed by atoms with Crippen molar-refractivity contribution in [2.24, 2.45) is 23.5 Å². The van der Waals surface area contributed by atoms with Crippen molar-refractivity contribution in [3.8, 4) is 6.07 Å². The van der Waals surface area contributed by atoms with Gasteiger partial charge >= 0.3 is 6.18 Å². The van der Waals surface area contributed by atoms with Crippen LogP contribution in [0.1, 0.15) is 37.7 Å². The van der Waals surface area contributed by atoms with Gasteiger partial charge in [-0.2, -0.15) is 18.4 Å². The van der Waals surface area contributed by atoms with Crippen molar-refractivity contribution in [3.05, 3.63) is 29.8 Å². The summed E-state index contributed by atoms with van der Waals surface area (Å²) in [5, 5.41) is 9.13. The smallest absolute Gasteiger partial charge is 0.369 e. The van der Waals surface area contributed by atoms with E-state index < -0.39 is 23.6 Å². The SMILES string of the molecule is N#CC(C(N)=O)C1CCC(CCN2CCN(c3cccc(C(F)(F)F)c3)CC2)CC1. The molecule has 1 aromatic carbocycles. The molecule has 1 saturated carbocycles. The summed E-state index contributed by atoms with van der Waals surface area (Å²) in [4.78, 5) is 15.8. The molecular formula is C22H29F3N4O. The molecule has 5 nitrogen and oxygen atoms in total. The van der Waals surface area contributed by atoms with Crippen LogP contribution in [0.2, 0.25) is 0 Å². The summed E-state index contributed by atoms with van der Waals surface area (Å²) in [7, 11) is 0. The van der Waals surface area contributed by atoms with Gasteiger partial charge in [0, 0.05) is 31.9 Å². The monoisotopic (exact) mass is 422 g/mol. The zero-order valence-corrected chi connectivity index (χ0v) is 17.1. The van der Waals surface area contributed by atoms with E-state index in [1.807, 2.05) is 11.0 Å². The summed E-state index contributed by atoms with van der Waals surface area (Å²) in [5.74, 6) is -0.510. The highest BCUT2D eigenvalue weighted by molar-refractivity contribution is 5.79. The van der Waals surface area contributed by atoms with Crippen LogP contribution in [0.3, 0.4) is 0 Å². The average molecular weight is 422 g/mol. The van der Waals surface area contributed by atoms with Gasteiger partial charge in [-0.05, 0) is 55.8 Å². The highest BCUT2D eigenvalue weighted by Gasteiger charge is 2.32. The summed E-state index contributed by atoms with van der Waals surface area (Å²) < 4.78 is 38.8. The minimum absolute atomic E-state index is 0.0831. The number of nitrogens with zero attached hydrogens (tertiary/aromatic N) is 3. The van der Waals surface area contributed by atoms with E-state index >= 15 is 0 Å². The van der Waals surface area contributed by atoms with Crippen LogP contribution in [-0.4, -0.2) is 43.5 Å². The van der Waals surface area contributed by atoms with Gasteiger partial charge in [0.1, 0.15) is 5.92 Å². The minimum atomic E-state index is -4.32. The number of hydrogen-bond acceptors (Lipinski definition) is 4. The van der Waals surface area contributed by atoms with E-state index in [9.17, 15) is 18.0 Å². The largest absolute Gasteiger partial charge is 0.416 e. The number of halogens is 3. The van der Waals surface area contributed by atoms with Crippen LogP contribution in [0.4, 0.5) is 18.9 Å². The van der Waals surface area contributed by atoms with E-state index in [-0.39, 0.29) is 5.92 Å². The van der Waals surface area contributed by atoms with Gasteiger partial charge in [0.2, 0.25) is 5.91 Å². The molecule has 0 radical (unpaired) electrons. The number of amides is 1. The Hall–Kier alpha value is -2.27. The number of carbonyl (C=O) groups is 1. The molecule has 30 heavy (non-hydrogen) atoms. The lowest BCUT2D eigenvalue weighted by molar-refractivity contribution is -0.137. The average Bonchev–Trinajstić information content (AvgIpc) is 2.73. The molecule has 1 amide bonds. The Morgan fingerprint density at radius 2 is 1.83 bits per heavy atom. The third-order valence-electron chi connectivity index (χ3n) is 6.57. The highest BCUT2D eigenvalue weighted by atomic mass is 19.4. The minimum Gasteiger partial charge on any atom is -0.369 e. The predicted molar refractivity (Wildman–Crippen MR) is 108 cm³/mol. The second-order valence-electron chi connectivity index (χ2n) is 8.46. The first-order valence-electron chi connectivity index (χ1n) is 10.6. The number of piperazine rings is 1. The van der Waals surface area contributed by atoms with Crippen molar-refractivity contribution in [1.29, 1.82) is 5.26 Å². The number of nitrogens with two attached hydrogens (primary N) is 1. The maximum Gasteiger partial charge on any atom is 0.416 e. The van der Waals surface area contributed by atoms with E-state index in [2.05, 4.69) is 4.90 Å². The zero-order chi connectivity index (χ0) is 21.7. The second kappa shape index (κ2) is 9.69. The van der Waals surface area contributed by atoms with Gasteiger partial charge in [0.15, 0.2) is 0 Å². The van der Waals surface area contributed by atoms with Gasteiger partial charge in [0.05, 0.1) is 11.6 Å². The molecule has 0 aromatic heterocycles. The van der Waals surface area contributed by atoms with Gasteiger partial charge in [-0.3, -0.25) is 9.69 Å². The fourth-order valence-electron chi connectivity index (χ4n) is 4.69. The van der Waals surface area contributed by atoms with Crippen LogP contribution in [0, 0.1) is 29.1 Å². The van der Waals surface area contributed by atoms with Gasteiger partial charge < -0.3 is 10.6 Å². The van der Waals surface area contributed by atoms with Crippen LogP contribution in [0.25, 0.3) is 0 Å². The topological polar surface area (TPSA) is 73.4 Å². The Labute approximate surface area is 175 Å². The highest BCUT2D eigenvalue weighted by Crippen LogP contribution is 2.35. The van der Waals surface area contributed by atoms with Crippen LogP contribution >= 0.6 is 0 Å². The first-order valence-corrected chi connectivity index (χ1v) is 10.6. The summed E-state index contributed by atoms with van der Waals surface area (Å²) in [6.45, 7) is 4.09. The maximum atomic E-state index is 12.9. The molecule has 0 spiro atoms.